The van der Waals surface area contributed by atoms with E-state index in [1.54, 1.807) is 4.90 Å². The second-order valence-electron chi connectivity index (χ2n) is 8.05. The van der Waals surface area contributed by atoms with Gasteiger partial charge in [-0.3, -0.25) is 9.59 Å². The monoisotopic (exact) mass is 392 g/mol. The topological polar surface area (TPSA) is 49.9 Å². The maximum atomic E-state index is 12.6. The van der Waals surface area contributed by atoms with Crippen LogP contribution in [-0.4, -0.2) is 43.0 Å². The molecule has 0 aliphatic carbocycles. The fourth-order valence-electron chi connectivity index (χ4n) is 4.45. The van der Waals surface area contributed by atoms with Crippen LogP contribution in [-0.2, 0) is 9.59 Å². The minimum absolute atomic E-state index is 0.0298. The summed E-state index contributed by atoms with van der Waals surface area (Å²) < 4.78 is 5.72. The molecular weight excluding hydrogens is 364 g/mol. The van der Waals surface area contributed by atoms with Crippen molar-refractivity contribution >= 4 is 17.5 Å². The number of benzene rings is 2. The van der Waals surface area contributed by atoms with Gasteiger partial charge in [0.2, 0.25) is 5.91 Å². The first-order valence-corrected chi connectivity index (χ1v) is 10.5. The van der Waals surface area contributed by atoms with E-state index in [2.05, 4.69) is 31.2 Å². The summed E-state index contributed by atoms with van der Waals surface area (Å²) in [5.74, 6) is 1.78. The smallest absolute Gasteiger partial charge is 0.260 e. The average Bonchev–Trinajstić information content (AvgIpc) is 3.19. The van der Waals surface area contributed by atoms with Crippen molar-refractivity contribution < 1.29 is 14.3 Å². The van der Waals surface area contributed by atoms with Gasteiger partial charge in [0.05, 0.1) is 0 Å². The molecule has 0 saturated carbocycles. The zero-order chi connectivity index (χ0) is 20.2. The molecule has 2 aliphatic heterocycles. The van der Waals surface area contributed by atoms with Crippen molar-refractivity contribution in [2.24, 2.45) is 5.92 Å². The van der Waals surface area contributed by atoms with Crippen LogP contribution < -0.4 is 9.64 Å². The van der Waals surface area contributed by atoms with E-state index in [0.717, 1.165) is 38.2 Å². The molecule has 0 aromatic heterocycles. The first-order valence-electron chi connectivity index (χ1n) is 10.5. The molecule has 0 N–H and O–H groups in total. The number of nitrogens with zero attached hydrogens (tertiary/aromatic N) is 2. The summed E-state index contributed by atoms with van der Waals surface area (Å²) >= 11 is 0. The van der Waals surface area contributed by atoms with Crippen LogP contribution >= 0.6 is 0 Å². The van der Waals surface area contributed by atoms with E-state index < -0.39 is 0 Å². The van der Waals surface area contributed by atoms with Crippen LogP contribution in [0.1, 0.15) is 37.7 Å². The third-order valence-corrected chi connectivity index (χ3v) is 6.07. The first-order chi connectivity index (χ1) is 14.1. The summed E-state index contributed by atoms with van der Waals surface area (Å²) in [6, 6.07) is 18.0. The molecule has 0 bridgehead atoms. The van der Waals surface area contributed by atoms with Gasteiger partial charge in [-0.15, -0.1) is 0 Å². The molecule has 2 aromatic rings. The lowest BCUT2D eigenvalue weighted by atomic mass is 9.81. The summed E-state index contributed by atoms with van der Waals surface area (Å²) in [6.45, 7) is 4.57. The molecule has 2 saturated heterocycles. The predicted octanol–water partition coefficient (Wildman–Crippen LogP) is 3.84. The van der Waals surface area contributed by atoms with E-state index in [9.17, 15) is 9.59 Å². The van der Waals surface area contributed by atoms with Gasteiger partial charge in [0, 0.05) is 31.7 Å². The van der Waals surface area contributed by atoms with Gasteiger partial charge in [0.25, 0.3) is 5.91 Å². The number of likely N-dealkylation sites (tertiary alicyclic amines) is 1. The highest BCUT2D eigenvalue weighted by molar-refractivity contribution is 5.95. The highest BCUT2D eigenvalue weighted by Crippen LogP contribution is 2.32. The van der Waals surface area contributed by atoms with Crippen LogP contribution in [0.2, 0.25) is 0 Å². The summed E-state index contributed by atoms with van der Waals surface area (Å²) in [5, 5.41) is 0. The van der Waals surface area contributed by atoms with Gasteiger partial charge < -0.3 is 14.5 Å². The number of amides is 2. The minimum Gasteiger partial charge on any atom is -0.484 e. The first kappa shape index (κ1) is 19.5. The van der Waals surface area contributed by atoms with Crippen molar-refractivity contribution in [3.63, 3.8) is 0 Å². The van der Waals surface area contributed by atoms with Crippen LogP contribution in [0.5, 0.6) is 5.75 Å². The number of piperidine rings is 1. The van der Waals surface area contributed by atoms with E-state index in [4.69, 9.17) is 4.74 Å². The number of rotatable bonds is 5. The molecule has 2 aromatic carbocycles. The molecule has 0 unspecified atom stereocenters. The van der Waals surface area contributed by atoms with Gasteiger partial charge >= 0.3 is 0 Å². The Kier molecular flexibility index (Phi) is 5.84. The van der Waals surface area contributed by atoms with Crippen LogP contribution in [0.25, 0.3) is 0 Å². The molecule has 4 rings (SSSR count). The normalized spacial score (nSPS) is 22.0. The second-order valence-corrected chi connectivity index (χ2v) is 8.05. The van der Waals surface area contributed by atoms with Crippen molar-refractivity contribution in [1.29, 1.82) is 0 Å². The van der Waals surface area contributed by atoms with E-state index in [1.807, 2.05) is 35.2 Å². The quantitative estimate of drug-likeness (QED) is 0.777. The van der Waals surface area contributed by atoms with Crippen LogP contribution in [0.15, 0.2) is 54.6 Å². The Morgan fingerprint density at radius 1 is 1.07 bits per heavy atom. The van der Waals surface area contributed by atoms with Crippen LogP contribution in [0.4, 0.5) is 5.69 Å². The Balaban J connectivity index is 1.28. The molecule has 0 spiro atoms. The van der Waals surface area contributed by atoms with Crippen molar-refractivity contribution in [3.05, 3.63) is 60.2 Å². The minimum atomic E-state index is 0.0298. The van der Waals surface area contributed by atoms with Gasteiger partial charge in [0.15, 0.2) is 6.61 Å². The molecule has 2 atom stereocenters. The zero-order valence-corrected chi connectivity index (χ0v) is 16.9. The Hall–Kier alpha value is -2.82. The molecular formula is C24H28N2O3. The SMILES string of the molecule is C[C@@H]1CN(C(=O)COc2ccc(N3CCCC3=O)cc2)CC[C@H]1c1ccccc1. The molecule has 5 nitrogen and oxygen atoms in total. The maximum absolute atomic E-state index is 12.6. The lowest BCUT2D eigenvalue weighted by molar-refractivity contribution is -0.135. The third kappa shape index (κ3) is 4.44. The zero-order valence-electron chi connectivity index (χ0n) is 16.9. The molecule has 2 fully saturated rings. The van der Waals surface area contributed by atoms with E-state index in [1.165, 1.54) is 5.56 Å². The van der Waals surface area contributed by atoms with E-state index in [-0.39, 0.29) is 18.4 Å². The molecule has 0 radical (unpaired) electrons. The summed E-state index contributed by atoms with van der Waals surface area (Å²) in [7, 11) is 0. The molecule has 2 aliphatic rings. The number of carbonyl (C=O) groups is 2. The molecule has 29 heavy (non-hydrogen) atoms. The summed E-state index contributed by atoms with van der Waals surface area (Å²) in [4.78, 5) is 28.2. The number of anilines is 1. The molecule has 152 valence electrons. The van der Waals surface area contributed by atoms with Gasteiger partial charge in [-0.05, 0) is 54.5 Å². The maximum Gasteiger partial charge on any atom is 0.260 e. The van der Waals surface area contributed by atoms with E-state index in [0.29, 0.717) is 24.0 Å². The third-order valence-electron chi connectivity index (χ3n) is 6.07. The highest BCUT2D eigenvalue weighted by atomic mass is 16.5. The fraction of sp³-hybridized carbons (Fsp3) is 0.417. The van der Waals surface area contributed by atoms with Gasteiger partial charge in [0.1, 0.15) is 5.75 Å². The lowest BCUT2D eigenvalue weighted by Crippen LogP contribution is -2.44. The van der Waals surface area contributed by atoms with Crippen LogP contribution in [0, 0.1) is 5.92 Å². The Morgan fingerprint density at radius 3 is 2.48 bits per heavy atom. The molecule has 2 amide bonds. The predicted molar refractivity (Wildman–Crippen MR) is 113 cm³/mol. The number of hydrogen-bond donors (Lipinski definition) is 0. The van der Waals surface area contributed by atoms with Crippen molar-refractivity contribution in [2.75, 3.05) is 31.1 Å². The number of ether oxygens (including phenoxy) is 1. The summed E-state index contributed by atoms with van der Waals surface area (Å²) in [5.41, 5.74) is 2.25. The number of carbonyl (C=O) groups excluding carboxylic acids is 2. The van der Waals surface area contributed by atoms with Gasteiger partial charge in [-0.2, -0.15) is 0 Å². The lowest BCUT2D eigenvalue weighted by Gasteiger charge is -2.37. The average molecular weight is 392 g/mol. The Bertz CT molecular complexity index is 850. The fourth-order valence-corrected chi connectivity index (χ4v) is 4.45. The van der Waals surface area contributed by atoms with Crippen molar-refractivity contribution in [1.82, 2.24) is 4.90 Å². The number of hydrogen-bond acceptors (Lipinski definition) is 3. The Morgan fingerprint density at radius 2 is 1.83 bits per heavy atom. The van der Waals surface area contributed by atoms with Crippen molar-refractivity contribution in [2.45, 2.75) is 32.1 Å². The standard InChI is InChI=1S/C24H28N2O3/c1-18-16-25(15-13-22(18)19-6-3-2-4-7-19)24(28)17-29-21-11-9-20(10-12-21)26-14-5-8-23(26)27/h2-4,6-7,9-12,18,22H,5,8,13-17H2,1H3/t18-,22-/m1/s1. The molecule has 2 heterocycles. The Labute approximate surface area is 172 Å². The van der Waals surface area contributed by atoms with Gasteiger partial charge in [-0.1, -0.05) is 37.3 Å². The van der Waals surface area contributed by atoms with E-state index >= 15 is 0 Å². The van der Waals surface area contributed by atoms with Crippen LogP contribution in [0.3, 0.4) is 0 Å². The van der Waals surface area contributed by atoms with Crippen molar-refractivity contribution in [3.8, 4) is 5.75 Å². The molecule has 5 heteroatoms. The van der Waals surface area contributed by atoms with Gasteiger partial charge in [-0.25, -0.2) is 0 Å². The summed E-state index contributed by atoms with van der Waals surface area (Å²) in [6.07, 6.45) is 2.51. The largest absolute Gasteiger partial charge is 0.484 e. The second kappa shape index (κ2) is 8.68. The highest BCUT2D eigenvalue weighted by Gasteiger charge is 2.29.